The molecule has 1 amide bonds. The van der Waals surface area contributed by atoms with Crippen LogP contribution in [-0.2, 0) is 20.7 Å². The maximum absolute atomic E-state index is 12.3. The minimum atomic E-state index is -0.452. The average molecular weight is 475 g/mol. The Balaban J connectivity index is 1.23. The van der Waals surface area contributed by atoms with Gasteiger partial charge in [-0.25, -0.2) is 0 Å². The number of pyridine rings is 1. The predicted molar refractivity (Wildman–Crippen MR) is 135 cm³/mol. The van der Waals surface area contributed by atoms with Gasteiger partial charge in [0.05, 0.1) is 18.3 Å². The van der Waals surface area contributed by atoms with Crippen LogP contribution in [0.5, 0.6) is 5.75 Å². The number of methoxy groups -OCH3 is 1. The lowest BCUT2D eigenvalue weighted by Crippen LogP contribution is -2.47. The molecule has 0 N–H and O–H groups in total. The number of carbonyl (C=O) groups excluding carboxylic acids is 2. The largest absolute Gasteiger partial charge is 0.481 e. The van der Waals surface area contributed by atoms with Crippen LogP contribution in [0.3, 0.4) is 0 Å². The maximum Gasteiger partial charge on any atom is 0.325 e. The monoisotopic (exact) mass is 474 g/mol. The predicted octanol–water partition coefficient (Wildman–Crippen LogP) is 2.81. The first-order valence-electron chi connectivity index (χ1n) is 12.0. The molecule has 0 atom stereocenters. The standard InChI is InChI=1S/C27H30N4O4/c1-19-9-10-21-22(28-19)6-4-7-23(21)30-15-13-29(14-16-30)12-11-20-5-3-8-24-27(20)35-18-25(32)31(24)17-26(33)34-2/h3-10H,11-18H2,1-2H3. The number of rotatable bonds is 6. The molecule has 3 aromatic rings. The van der Waals surface area contributed by atoms with Gasteiger partial charge in [0.1, 0.15) is 12.3 Å². The van der Waals surface area contributed by atoms with Crippen molar-refractivity contribution in [3.05, 3.63) is 59.8 Å². The fourth-order valence-corrected chi connectivity index (χ4v) is 4.87. The highest BCUT2D eigenvalue weighted by Gasteiger charge is 2.29. The third-order valence-electron chi connectivity index (χ3n) is 6.78. The number of benzene rings is 2. The van der Waals surface area contributed by atoms with Gasteiger partial charge in [0.15, 0.2) is 6.61 Å². The lowest BCUT2D eigenvalue weighted by molar-refractivity contribution is -0.140. The van der Waals surface area contributed by atoms with E-state index in [4.69, 9.17) is 9.47 Å². The van der Waals surface area contributed by atoms with E-state index in [1.54, 1.807) is 0 Å². The summed E-state index contributed by atoms with van der Waals surface area (Å²) in [5.74, 6) is -0.00487. The van der Waals surface area contributed by atoms with E-state index < -0.39 is 5.97 Å². The Hall–Kier alpha value is -3.65. The SMILES string of the molecule is COC(=O)CN1C(=O)COc2c(CCN3CCN(c4cccc5nc(C)ccc45)CC3)cccc21. The van der Waals surface area contributed by atoms with Gasteiger partial charge in [0.2, 0.25) is 0 Å². The van der Waals surface area contributed by atoms with Gasteiger partial charge < -0.3 is 14.4 Å². The second-order valence-electron chi connectivity index (χ2n) is 8.99. The molecule has 1 aromatic heterocycles. The zero-order chi connectivity index (χ0) is 24.4. The second-order valence-corrected chi connectivity index (χ2v) is 8.99. The molecule has 1 fully saturated rings. The molecule has 0 saturated carbocycles. The molecule has 0 unspecified atom stereocenters. The number of hydrogen-bond acceptors (Lipinski definition) is 7. The fourth-order valence-electron chi connectivity index (χ4n) is 4.87. The number of anilines is 2. The number of fused-ring (bicyclic) bond motifs is 2. The average Bonchev–Trinajstić information content (AvgIpc) is 2.88. The van der Waals surface area contributed by atoms with Gasteiger partial charge >= 0.3 is 5.97 Å². The van der Waals surface area contributed by atoms with Crippen molar-refractivity contribution in [1.29, 1.82) is 0 Å². The van der Waals surface area contributed by atoms with Crippen molar-refractivity contribution >= 4 is 34.2 Å². The summed E-state index contributed by atoms with van der Waals surface area (Å²) in [6.45, 7) is 6.59. The fraction of sp³-hybridized carbons (Fsp3) is 0.370. The van der Waals surface area contributed by atoms with Gasteiger partial charge in [0, 0.05) is 49.5 Å². The van der Waals surface area contributed by atoms with Gasteiger partial charge in [-0.3, -0.25) is 24.4 Å². The first-order chi connectivity index (χ1) is 17.0. The topological polar surface area (TPSA) is 75.2 Å². The number of aryl methyl sites for hydroxylation is 1. The van der Waals surface area contributed by atoms with Crippen molar-refractivity contribution in [3.8, 4) is 5.75 Å². The second kappa shape index (κ2) is 9.92. The van der Waals surface area contributed by atoms with Gasteiger partial charge in [-0.1, -0.05) is 18.2 Å². The van der Waals surface area contributed by atoms with Crippen LogP contribution in [0.1, 0.15) is 11.3 Å². The zero-order valence-corrected chi connectivity index (χ0v) is 20.2. The van der Waals surface area contributed by atoms with Crippen molar-refractivity contribution < 1.29 is 19.1 Å². The molecule has 8 heteroatoms. The van der Waals surface area contributed by atoms with Crippen LogP contribution in [0.25, 0.3) is 10.9 Å². The molecule has 2 aliphatic heterocycles. The molecule has 0 radical (unpaired) electrons. The first-order valence-corrected chi connectivity index (χ1v) is 12.0. The van der Waals surface area contributed by atoms with Crippen LogP contribution in [0.15, 0.2) is 48.5 Å². The maximum atomic E-state index is 12.3. The van der Waals surface area contributed by atoms with E-state index in [1.807, 2.05) is 25.1 Å². The normalized spacial score (nSPS) is 16.2. The summed E-state index contributed by atoms with van der Waals surface area (Å²) < 4.78 is 10.6. The first kappa shape index (κ1) is 23.1. The van der Waals surface area contributed by atoms with Crippen LogP contribution in [0, 0.1) is 6.92 Å². The Morgan fingerprint density at radius 1 is 1.03 bits per heavy atom. The van der Waals surface area contributed by atoms with E-state index >= 15 is 0 Å². The molecular formula is C27H30N4O4. The quantitative estimate of drug-likeness (QED) is 0.509. The van der Waals surface area contributed by atoms with E-state index in [2.05, 4.69) is 45.1 Å². The van der Waals surface area contributed by atoms with Crippen LogP contribution < -0.4 is 14.5 Å². The van der Waals surface area contributed by atoms with Gasteiger partial charge in [0.25, 0.3) is 5.91 Å². The van der Waals surface area contributed by atoms with E-state index in [0.29, 0.717) is 11.4 Å². The highest BCUT2D eigenvalue weighted by molar-refractivity contribution is 6.01. The summed E-state index contributed by atoms with van der Waals surface area (Å²) >= 11 is 0. The molecule has 2 aliphatic rings. The Morgan fingerprint density at radius 2 is 1.80 bits per heavy atom. The highest BCUT2D eigenvalue weighted by atomic mass is 16.5. The number of piperazine rings is 1. The third kappa shape index (κ3) is 4.79. The molecule has 0 aliphatic carbocycles. The van der Waals surface area contributed by atoms with Crippen molar-refractivity contribution in [2.75, 3.05) is 62.8 Å². The summed E-state index contributed by atoms with van der Waals surface area (Å²) in [4.78, 5) is 35.2. The molecule has 8 nitrogen and oxygen atoms in total. The van der Waals surface area contributed by atoms with Crippen molar-refractivity contribution in [3.63, 3.8) is 0 Å². The Kier molecular flexibility index (Phi) is 6.55. The van der Waals surface area contributed by atoms with Crippen LogP contribution >= 0.6 is 0 Å². The molecule has 0 spiro atoms. The van der Waals surface area contributed by atoms with Crippen molar-refractivity contribution in [1.82, 2.24) is 9.88 Å². The molecule has 1 saturated heterocycles. The van der Waals surface area contributed by atoms with Crippen molar-refractivity contribution in [2.24, 2.45) is 0 Å². The smallest absolute Gasteiger partial charge is 0.325 e. The van der Waals surface area contributed by atoms with Crippen LogP contribution in [-0.4, -0.2) is 74.7 Å². The van der Waals surface area contributed by atoms with Crippen LogP contribution in [0.4, 0.5) is 11.4 Å². The van der Waals surface area contributed by atoms with Crippen molar-refractivity contribution in [2.45, 2.75) is 13.3 Å². The van der Waals surface area contributed by atoms with E-state index in [-0.39, 0.29) is 19.1 Å². The van der Waals surface area contributed by atoms with E-state index in [0.717, 1.165) is 55.9 Å². The number of amides is 1. The molecular weight excluding hydrogens is 444 g/mol. The van der Waals surface area contributed by atoms with Gasteiger partial charge in [-0.15, -0.1) is 0 Å². The van der Waals surface area contributed by atoms with E-state index in [9.17, 15) is 9.59 Å². The van der Waals surface area contributed by atoms with E-state index in [1.165, 1.54) is 23.1 Å². The van der Waals surface area contributed by atoms with Gasteiger partial charge in [-0.2, -0.15) is 0 Å². The summed E-state index contributed by atoms with van der Waals surface area (Å²) in [6, 6.07) is 16.4. The summed E-state index contributed by atoms with van der Waals surface area (Å²) in [7, 11) is 1.32. The Labute approximate surface area is 205 Å². The molecule has 5 rings (SSSR count). The number of nitrogens with zero attached hydrogens (tertiary/aromatic N) is 4. The molecule has 35 heavy (non-hydrogen) atoms. The summed E-state index contributed by atoms with van der Waals surface area (Å²) in [5, 5.41) is 1.20. The molecule has 2 aromatic carbocycles. The minimum Gasteiger partial charge on any atom is -0.481 e. The Morgan fingerprint density at radius 3 is 2.60 bits per heavy atom. The number of aromatic nitrogens is 1. The third-order valence-corrected chi connectivity index (χ3v) is 6.78. The summed E-state index contributed by atoms with van der Waals surface area (Å²) in [5.41, 5.74) is 5.00. The zero-order valence-electron chi connectivity index (χ0n) is 20.2. The number of ether oxygens (including phenoxy) is 2. The Bertz CT molecular complexity index is 1250. The number of esters is 1. The number of carbonyl (C=O) groups is 2. The minimum absolute atomic E-state index is 0.0703. The number of hydrogen-bond donors (Lipinski definition) is 0. The lowest BCUT2D eigenvalue weighted by atomic mass is 10.1. The van der Waals surface area contributed by atoms with Gasteiger partial charge in [-0.05, 0) is 49.2 Å². The van der Waals surface area contributed by atoms with Crippen LogP contribution in [0.2, 0.25) is 0 Å². The molecule has 0 bridgehead atoms. The molecule has 182 valence electrons. The highest BCUT2D eigenvalue weighted by Crippen LogP contribution is 2.36. The number of para-hydroxylation sites is 1. The summed E-state index contributed by atoms with van der Waals surface area (Å²) in [6.07, 6.45) is 0.806. The lowest BCUT2D eigenvalue weighted by Gasteiger charge is -2.37. The molecule has 3 heterocycles.